The first-order valence-electron chi connectivity index (χ1n) is 5.15. The summed E-state index contributed by atoms with van der Waals surface area (Å²) < 4.78 is 12.3. The molecule has 1 aromatic carbocycles. The summed E-state index contributed by atoms with van der Waals surface area (Å²) in [5.74, 6) is 1.15. The Labute approximate surface area is 99.8 Å². The van der Waals surface area contributed by atoms with Crippen LogP contribution in [0.4, 0.5) is 5.69 Å². The molecule has 2 N–H and O–H groups in total. The van der Waals surface area contributed by atoms with Crippen LogP contribution in [0.1, 0.15) is 0 Å². The molecule has 0 spiro atoms. The highest BCUT2D eigenvalue weighted by molar-refractivity contribution is 5.72. The lowest BCUT2D eigenvalue weighted by atomic mass is 10.1. The monoisotopic (exact) mass is 233 g/mol. The van der Waals surface area contributed by atoms with E-state index in [0.717, 1.165) is 11.3 Å². The molecule has 17 heavy (non-hydrogen) atoms. The van der Waals surface area contributed by atoms with E-state index >= 15 is 0 Å². The number of anilines is 1. The standard InChI is InChI=1S/C12H15N3O2/c1-15-6-10(14-7-15)8-4-9(13)12(17-3)11(5-8)16-2/h4-7H,13H2,1-3H3. The molecular weight excluding hydrogens is 218 g/mol. The summed E-state index contributed by atoms with van der Waals surface area (Å²) in [6.07, 6.45) is 3.66. The third-order valence-corrected chi connectivity index (χ3v) is 2.51. The largest absolute Gasteiger partial charge is 0.493 e. The lowest BCUT2D eigenvalue weighted by molar-refractivity contribution is 0.356. The zero-order valence-electron chi connectivity index (χ0n) is 10.1. The minimum atomic E-state index is 0.535. The van der Waals surface area contributed by atoms with E-state index in [9.17, 15) is 0 Å². The Morgan fingerprint density at radius 3 is 2.53 bits per heavy atom. The van der Waals surface area contributed by atoms with E-state index < -0.39 is 0 Å². The van der Waals surface area contributed by atoms with Crippen LogP contribution in [0.3, 0.4) is 0 Å². The number of nitrogens with two attached hydrogens (primary N) is 1. The van der Waals surface area contributed by atoms with Gasteiger partial charge in [-0.25, -0.2) is 4.98 Å². The van der Waals surface area contributed by atoms with Crippen molar-refractivity contribution in [2.75, 3.05) is 20.0 Å². The molecule has 2 rings (SSSR count). The first-order chi connectivity index (χ1) is 8.15. The summed E-state index contributed by atoms with van der Waals surface area (Å²) in [4.78, 5) is 4.27. The highest BCUT2D eigenvalue weighted by atomic mass is 16.5. The summed E-state index contributed by atoms with van der Waals surface area (Å²) in [6.45, 7) is 0. The molecule has 1 heterocycles. The molecular formula is C12H15N3O2. The fourth-order valence-electron chi connectivity index (χ4n) is 1.70. The van der Waals surface area contributed by atoms with Crippen molar-refractivity contribution in [2.24, 2.45) is 7.05 Å². The maximum absolute atomic E-state index is 5.91. The average Bonchev–Trinajstić information content (AvgIpc) is 2.74. The van der Waals surface area contributed by atoms with E-state index in [2.05, 4.69) is 4.98 Å². The third kappa shape index (κ3) is 2.04. The molecule has 0 radical (unpaired) electrons. The fraction of sp³-hybridized carbons (Fsp3) is 0.250. The number of rotatable bonds is 3. The molecule has 2 aromatic rings. The number of imidazole rings is 1. The number of aromatic nitrogens is 2. The Hall–Kier alpha value is -2.17. The second-order valence-electron chi connectivity index (χ2n) is 3.73. The summed E-state index contributed by atoms with van der Waals surface area (Å²) in [7, 11) is 5.06. The lowest BCUT2D eigenvalue weighted by Crippen LogP contribution is -1.97. The van der Waals surface area contributed by atoms with Crippen molar-refractivity contribution in [1.82, 2.24) is 9.55 Å². The highest BCUT2D eigenvalue weighted by Gasteiger charge is 2.12. The van der Waals surface area contributed by atoms with Gasteiger partial charge in [0, 0.05) is 18.8 Å². The first kappa shape index (κ1) is 11.3. The van der Waals surface area contributed by atoms with Gasteiger partial charge in [-0.05, 0) is 12.1 Å². The minimum absolute atomic E-state index is 0.535. The minimum Gasteiger partial charge on any atom is -0.493 e. The molecule has 90 valence electrons. The quantitative estimate of drug-likeness (QED) is 0.819. The number of hydrogen-bond acceptors (Lipinski definition) is 4. The van der Waals surface area contributed by atoms with E-state index in [-0.39, 0.29) is 0 Å². The number of methoxy groups -OCH3 is 2. The van der Waals surface area contributed by atoms with Crippen LogP contribution < -0.4 is 15.2 Å². The lowest BCUT2D eigenvalue weighted by Gasteiger charge is -2.11. The maximum Gasteiger partial charge on any atom is 0.183 e. The van der Waals surface area contributed by atoms with Gasteiger partial charge in [-0.15, -0.1) is 0 Å². The average molecular weight is 233 g/mol. The summed E-state index contributed by atoms with van der Waals surface area (Å²) in [5.41, 5.74) is 8.20. The Morgan fingerprint density at radius 2 is 2.00 bits per heavy atom. The normalized spacial score (nSPS) is 10.3. The third-order valence-electron chi connectivity index (χ3n) is 2.51. The van der Waals surface area contributed by atoms with E-state index in [1.54, 1.807) is 20.5 Å². The van der Waals surface area contributed by atoms with Crippen molar-refractivity contribution < 1.29 is 9.47 Å². The molecule has 0 unspecified atom stereocenters. The predicted octanol–water partition coefficient (Wildman–Crippen LogP) is 1.69. The Bertz CT molecular complexity index is 535. The number of hydrogen-bond donors (Lipinski definition) is 1. The molecule has 5 heteroatoms. The molecule has 1 aromatic heterocycles. The van der Waals surface area contributed by atoms with Gasteiger partial charge in [-0.3, -0.25) is 0 Å². The Kier molecular flexibility index (Phi) is 2.91. The van der Waals surface area contributed by atoms with Gasteiger partial charge in [0.2, 0.25) is 0 Å². The van der Waals surface area contributed by atoms with E-state index in [0.29, 0.717) is 17.2 Å². The fourth-order valence-corrected chi connectivity index (χ4v) is 1.70. The van der Waals surface area contributed by atoms with Crippen LogP contribution in [-0.4, -0.2) is 23.8 Å². The summed E-state index contributed by atoms with van der Waals surface area (Å²) in [6, 6.07) is 3.68. The van der Waals surface area contributed by atoms with Crippen molar-refractivity contribution in [1.29, 1.82) is 0 Å². The number of ether oxygens (including phenoxy) is 2. The van der Waals surface area contributed by atoms with Crippen molar-refractivity contribution in [3.05, 3.63) is 24.7 Å². The number of benzene rings is 1. The molecule has 0 saturated heterocycles. The molecule has 0 amide bonds. The number of nitrogens with zero attached hydrogens (tertiary/aromatic N) is 2. The molecule has 0 saturated carbocycles. The summed E-state index contributed by atoms with van der Waals surface area (Å²) in [5, 5.41) is 0. The van der Waals surface area contributed by atoms with Crippen LogP contribution in [0, 0.1) is 0 Å². The maximum atomic E-state index is 5.91. The number of aryl methyl sites for hydroxylation is 1. The SMILES string of the molecule is COc1cc(-c2cn(C)cn2)cc(N)c1OC. The molecule has 0 fully saturated rings. The molecule has 5 nitrogen and oxygen atoms in total. The highest BCUT2D eigenvalue weighted by Crippen LogP contribution is 2.37. The van der Waals surface area contributed by atoms with Crippen LogP contribution in [0.5, 0.6) is 11.5 Å². The number of nitrogen functional groups attached to an aromatic ring is 1. The van der Waals surface area contributed by atoms with Gasteiger partial charge in [0.05, 0.1) is 31.9 Å². The molecule has 0 aliphatic carbocycles. The van der Waals surface area contributed by atoms with Gasteiger partial charge < -0.3 is 19.8 Å². The molecule has 0 bridgehead atoms. The van der Waals surface area contributed by atoms with Gasteiger partial charge in [-0.1, -0.05) is 0 Å². The Balaban J connectivity index is 2.53. The molecule has 0 aliphatic rings. The second kappa shape index (κ2) is 4.37. The smallest absolute Gasteiger partial charge is 0.183 e. The predicted molar refractivity (Wildman–Crippen MR) is 66.2 cm³/mol. The van der Waals surface area contributed by atoms with Crippen molar-refractivity contribution in [3.8, 4) is 22.8 Å². The molecule has 0 aliphatic heterocycles. The van der Waals surface area contributed by atoms with E-state index in [1.807, 2.05) is 29.9 Å². The van der Waals surface area contributed by atoms with Gasteiger partial charge in [0.1, 0.15) is 0 Å². The Morgan fingerprint density at radius 1 is 1.24 bits per heavy atom. The second-order valence-corrected chi connectivity index (χ2v) is 3.73. The van der Waals surface area contributed by atoms with Gasteiger partial charge in [-0.2, -0.15) is 0 Å². The van der Waals surface area contributed by atoms with Crippen LogP contribution in [-0.2, 0) is 7.05 Å². The zero-order valence-corrected chi connectivity index (χ0v) is 10.1. The summed E-state index contributed by atoms with van der Waals surface area (Å²) >= 11 is 0. The van der Waals surface area contributed by atoms with Crippen LogP contribution in [0.2, 0.25) is 0 Å². The van der Waals surface area contributed by atoms with Gasteiger partial charge in [0.25, 0.3) is 0 Å². The van der Waals surface area contributed by atoms with Crippen molar-refractivity contribution >= 4 is 5.69 Å². The first-order valence-corrected chi connectivity index (χ1v) is 5.15. The van der Waals surface area contributed by atoms with Gasteiger partial charge >= 0.3 is 0 Å². The topological polar surface area (TPSA) is 62.3 Å². The zero-order chi connectivity index (χ0) is 12.4. The van der Waals surface area contributed by atoms with E-state index in [4.69, 9.17) is 15.2 Å². The molecule has 0 atom stereocenters. The van der Waals surface area contributed by atoms with Crippen LogP contribution in [0.15, 0.2) is 24.7 Å². The van der Waals surface area contributed by atoms with Crippen molar-refractivity contribution in [2.45, 2.75) is 0 Å². The van der Waals surface area contributed by atoms with Crippen LogP contribution in [0.25, 0.3) is 11.3 Å². The van der Waals surface area contributed by atoms with Gasteiger partial charge in [0.15, 0.2) is 11.5 Å². The van der Waals surface area contributed by atoms with Crippen molar-refractivity contribution in [3.63, 3.8) is 0 Å². The van der Waals surface area contributed by atoms with E-state index in [1.165, 1.54) is 0 Å². The van der Waals surface area contributed by atoms with Crippen LogP contribution >= 0.6 is 0 Å².